The van der Waals surface area contributed by atoms with Gasteiger partial charge in [0.1, 0.15) is 6.54 Å². The SMILES string of the molecule is Cc1ccc(C=CS(=O)(=O)NCC(=O)OCC(=O)c2ccc[nH]2)cc1. The van der Waals surface area contributed by atoms with Crippen LogP contribution in [0.4, 0.5) is 0 Å². The molecule has 1 aromatic carbocycles. The minimum absolute atomic E-state index is 0.314. The fourth-order valence-corrected chi connectivity index (χ4v) is 2.58. The van der Waals surface area contributed by atoms with Gasteiger partial charge in [-0.05, 0) is 30.7 Å². The van der Waals surface area contributed by atoms with Crippen LogP contribution in [-0.4, -0.2) is 38.3 Å². The molecule has 0 aliphatic heterocycles. The number of esters is 1. The number of aromatic amines is 1. The molecule has 2 N–H and O–H groups in total. The van der Waals surface area contributed by atoms with Crippen LogP contribution in [0, 0.1) is 6.92 Å². The molecule has 0 amide bonds. The van der Waals surface area contributed by atoms with Gasteiger partial charge in [0.2, 0.25) is 15.8 Å². The molecule has 25 heavy (non-hydrogen) atoms. The third-order valence-electron chi connectivity index (χ3n) is 3.20. The van der Waals surface area contributed by atoms with E-state index in [-0.39, 0.29) is 0 Å². The van der Waals surface area contributed by atoms with Gasteiger partial charge >= 0.3 is 5.97 Å². The van der Waals surface area contributed by atoms with Gasteiger partial charge in [0.25, 0.3) is 0 Å². The lowest BCUT2D eigenvalue weighted by molar-refractivity contribution is -0.141. The first-order valence-corrected chi connectivity index (χ1v) is 8.97. The number of aromatic nitrogens is 1. The van der Waals surface area contributed by atoms with Crippen LogP contribution in [0.15, 0.2) is 48.0 Å². The van der Waals surface area contributed by atoms with E-state index in [1.54, 1.807) is 30.5 Å². The van der Waals surface area contributed by atoms with Crippen LogP contribution in [-0.2, 0) is 19.6 Å². The lowest BCUT2D eigenvalue weighted by Gasteiger charge is -2.04. The molecule has 132 valence electrons. The van der Waals surface area contributed by atoms with Crippen molar-refractivity contribution in [3.63, 3.8) is 0 Å². The van der Waals surface area contributed by atoms with Crippen molar-refractivity contribution < 1.29 is 22.7 Å². The standard InChI is InChI=1S/C17H18N2O5S/c1-13-4-6-14(7-5-13)8-10-25(22,23)19-11-17(21)24-12-16(20)15-3-2-9-18-15/h2-10,18-19H,11-12H2,1H3. The molecule has 0 bridgehead atoms. The molecule has 1 aromatic heterocycles. The van der Waals surface area contributed by atoms with Gasteiger partial charge in [0.15, 0.2) is 6.61 Å². The second-order valence-electron chi connectivity index (χ2n) is 5.25. The van der Waals surface area contributed by atoms with E-state index in [0.29, 0.717) is 5.69 Å². The predicted octanol–water partition coefficient (Wildman–Crippen LogP) is 1.64. The van der Waals surface area contributed by atoms with Crippen LogP contribution >= 0.6 is 0 Å². The molecule has 0 radical (unpaired) electrons. The molecule has 2 rings (SSSR count). The van der Waals surface area contributed by atoms with Crippen LogP contribution in [0.3, 0.4) is 0 Å². The Morgan fingerprint density at radius 2 is 1.92 bits per heavy atom. The quantitative estimate of drug-likeness (QED) is 0.549. The third-order valence-corrected chi connectivity index (χ3v) is 4.24. The maximum atomic E-state index is 11.8. The average Bonchev–Trinajstić information content (AvgIpc) is 3.12. The summed E-state index contributed by atoms with van der Waals surface area (Å²) in [6.07, 6.45) is 2.99. The summed E-state index contributed by atoms with van der Waals surface area (Å²) in [5, 5.41) is 0.967. The van der Waals surface area contributed by atoms with E-state index < -0.39 is 34.9 Å². The van der Waals surface area contributed by atoms with Crippen LogP contribution < -0.4 is 4.72 Å². The van der Waals surface area contributed by atoms with Crippen molar-refractivity contribution in [2.24, 2.45) is 0 Å². The second-order valence-corrected chi connectivity index (χ2v) is 6.90. The normalized spacial score (nSPS) is 11.6. The van der Waals surface area contributed by atoms with Crippen molar-refractivity contribution >= 4 is 27.9 Å². The highest BCUT2D eigenvalue weighted by molar-refractivity contribution is 7.92. The topological polar surface area (TPSA) is 105 Å². The molecule has 0 saturated heterocycles. The van der Waals surface area contributed by atoms with E-state index in [2.05, 4.69) is 9.71 Å². The number of aryl methyl sites for hydroxylation is 1. The molecule has 0 fully saturated rings. The number of nitrogens with one attached hydrogen (secondary N) is 2. The summed E-state index contributed by atoms with van der Waals surface area (Å²) in [6, 6.07) is 10.5. The Labute approximate surface area is 145 Å². The number of Topliss-reactive ketones (excluding diaryl/α,β-unsaturated/α-hetero) is 1. The number of rotatable bonds is 8. The number of H-pyrrole nitrogens is 1. The number of carbonyl (C=O) groups is 2. The van der Waals surface area contributed by atoms with E-state index in [9.17, 15) is 18.0 Å². The Morgan fingerprint density at radius 1 is 1.20 bits per heavy atom. The Kier molecular flexibility index (Phi) is 6.26. The molecule has 0 atom stereocenters. The number of sulfonamides is 1. The molecule has 0 saturated carbocycles. The maximum absolute atomic E-state index is 11.8. The number of hydrogen-bond acceptors (Lipinski definition) is 5. The lowest BCUT2D eigenvalue weighted by atomic mass is 10.2. The summed E-state index contributed by atoms with van der Waals surface area (Å²) in [5.74, 6) is -1.24. The number of ketones is 1. The molecule has 0 aliphatic rings. The van der Waals surface area contributed by atoms with Gasteiger partial charge in [0, 0.05) is 11.6 Å². The minimum Gasteiger partial charge on any atom is -0.456 e. The Balaban J connectivity index is 1.79. The van der Waals surface area contributed by atoms with Gasteiger partial charge in [-0.1, -0.05) is 29.8 Å². The van der Waals surface area contributed by atoms with Crippen LogP contribution in [0.2, 0.25) is 0 Å². The fourth-order valence-electron chi connectivity index (χ4n) is 1.83. The van der Waals surface area contributed by atoms with Gasteiger partial charge in [-0.3, -0.25) is 9.59 Å². The highest BCUT2D eigenvalue weighted by Gasteiger charge is 2.13. The van der Waals surface area contributed by atoms with E-state index in [4.69, 9.17) is 4.74 Å². The van der Waals surface area contributed by atoms with Gasteiger partial charge in [0.05, 0.1) is 5.69 Å². The fraction of sp³-hybridized carbons (Fsp3) is 0.176. The molecular weight excluding hydrogens is 344 g/mol. The van der Waals surface area contributed by atoms with Gasteiger partial charge in [-0.2, -0.15) is 0 Å². The summed E-state index contributed by atoms with van der Waals surface area (Å²) < 4.78 is 30.5. The van der Waals surface area contributed by atoms with E-state index in [1.807, 2.05) is 19.1 Å². The van der Waals surface area contributed by atoms with Crippen molar-refractivity contribution in [1.29, 1.82) is 0 Å². The zero-order valence-electron chi connectivity index (χ0n) is 13.6. The lowest BCUT2D eigenvalue weighted by Crippen LogP contribution is -2.30. The highest BCUT2D eigenvalue weighted by atomic mass is 32.2. The molecule has 1 heterocycles. The molecule has 0 unspecified atom stereocenters. The average molecular weight is 362 g/mol. The summed E-state index contributed by atoms with van der Waals surface area (Å²) in [4.78, 5) is 25.9. The molecule has 0 spiro atoms. The monoisotopic (exact) mass is 362 g/mol. The highest BCUT2D eigenvalue weighted by Crippen LogP contribution is 2.06. The van der Waals surface area contributed by atoms with Crippen molar-refractivity contribution in [3.8, 4) is 0 Å². The Bertz CT molecular complexity index is 853. The second kappa shape index (κ2) is 8.41. The van der Waals surface area contributed by atoms with Crippen molar-refractivity contribution in [2.45, 2.75) is 6.92 Å². The zero-order chi connectivity index (χ0) is 18.3. The van der Waals surface area contributed by atoms with Gasteiger partial charge in [-0.25, -0.2) is 13.1 Å². The van der Waals surface area contributed by atoms with Crippen LogP contribution in [0.1, 0.15) is 21.6 Å². The van der Waals surface area contributed by atoms with Crippen LogP contribution in [0.5, 0.6) is 0 Å². The summed E-state index contributed by atoms with van der Waals surface area (Å²) >= 11 is 0. The van der Waals surface area contributed by atoms with E-state index in [1.165, 1.54) is 6.08 Å². The van der Waals surface area contributed by atoms with Crippen molar-refractivity contribution in [3.05, 3.63) is 64.8 Å². The molecule has 7 nitrogen and oxygen atoms in total. The first kappa shape index (κ1) is 18.6. The number of ether oxygens (including phenoxy) is 1. The Hall–Kier alpha value is -2.71. The van der Waals surface area contributed by atoms with Gasteiger partial charge in [-0.15, -0.1) is 0 Å². The maximum Gasteiger partial charge on any atom is 0.321 e. The van der Waals surface area contributed by atoms with E-state index in [0.717, 1.165) is 16.5 Å². The molecule has 2 aromatic rings. The molecule has 8 heteroatoms. The Morgan fingerprint density at radius 3 is 2.56 bits per heavy atom. The predicted molar refractivity (Wildman–Crippen MR) is 93.2 cm³/mol. The summed E-state index contributed by atoms with van der Waals surface area (Å²) in [5.41, 5.74) is 2.10. The summed E-state index contributed by atoms with van der Waals surface area (Å²) in [6.45, 7) is 0.914. The van der Waals surface area contributed by atoms with E-state index >= 15 is 0 Å². The number of carbonyl (C=O) groups excluding carboxylic acids is 2. The van der Waals surface area contributed by atoms with Crippen molar-refractivity contribution in [2.75, 3.05) is 13.2 Å². The van der Waals surface area contributed by atoms with Crippen molar-refractivity contribution in [1.82, 2.24) is 9.71 Å². The summed E-state index contributed by atoms with van der Waals surface area (Å²) in [7, 11) is -3.79. The number of benzene rings is 1. The number of hydrogen-bond donors (Lipinski definition) is 2. The van der Waals surface area contributed by atoms with Crippen LogP contribution in [0.25, 0.3) is 6.08 Å². The largest absolute Gasteiger partial charge is 0.456 e. The van der Waals surface area contributed by atoms with Gasteiger partial charge < -0.3 is 9.72 Å². The molecular formula is C17H18N2O5S. The zero-order valence-corrected chi connectivity index (χ0v) is 14.4. The molecule has 0 aliphatic carbocycles. The minimum atomic E-state index is -3.79. The third kappa shape index (κ3) is 6.36. The first-order valence-electron chi connectivity index (χ1n) is 7.42. The first-order chi connectivity index (χ1) is 11.9. The smallest absolute Gasteiger partial charge is 0.321 e.